The van der Waals surface area contributed by atoms with Crippen molar-refractivity contribution in [1.82, 2.24) is 9.55 Å². The Labute approximate surface area is 115 Å². The van der Waals surface area contributed by atoms with Gasteiger partial charge < -0.3 is 15.3 Å². The van der Waals surface area contributed by atoms with Crippen LogP contribution in [-0.4, -0.2) is 15.5 Å². The molecule has 0 radical (unpaired) electrons. The summed E-state index contributed by atoms with van der Waals surface area (Å²) in [6.45, 7) is 3.78. The molecule has 6 heteroatoms. The molecular formula is C13H14N4OS. The van der Waals surface area contributed by atoms with Crippen LogP contribution in [0.2, 0.25) is 0 Å². The van der Waals surface area contributed by atoms with Crippen LogP contribution in [0.1, 0.15) is 25.8 Å². The predicted molar refractivity (Wildman–Crippen MR) is 75.0 cm³/mol. The zero-order valence-corrected chi connectivity index (χ0v) is 11.5. The number of nitriles is 1. The Kier molecular flexibility index (Phi) is 3.16. The summed E-state index contributed by atoms with van der Waals surface area (Å²) >= 11 is 5.31. The molecule has 0 atom stereocenters. The lowest BCUT2D eigenvalue weighted by molar-refractivity contribution is -0.119. The maximum Gasteiger partial charge on any atom is 0.219 e. The maximum atomic E-state index is 11.2. The number of fused-ring (bicyclic) bond motifs is 1. The molecule has 2 rings (SSSR count). The van der Waals surface area contributed by atoms with Crippen LogP contribution in [0.25, 0.3) is 11.0 Å². The first kappa shape index (κ1) is 13.3. The van der Waals surface area contributed by atoms with Crippen LogP contribution in [0.5, 0.6) is 0 Å². The second-order valence-corrected chi connectivity index (χ2v) is 5.45. The number of aromatic nitrogens is 2. The number of carbonyl (C=O) groups is 1. The first-order valence-corrected chi connectivity index (χ1v) is 6.19. The number of primary amides is 1. The summed E-state index contributed by atoms with van der Waals surface area (Å²) in [5, 5.41) is 8.97. The second kappa shape index (κ2) is 4.52. The number of amides is 1. The molecule has 1 heterocycles. The molecule has 3 N–H and O–H groups in total. The average Bonchev–Trinajstić information content (AvgIpc) is 2.62. The lowest BCUT2D eigenvalue weighted by Crippen LogP contribution is -2.32. The van der Waals surface area contributed by atoms with Gasteiger partial charge in [0.15, 0.2) is 4.77 Å². The maximum absolute atomic E-state index is 11.2. The molecular weight excluding hydrogens is 260 g/mol. The standard InChI is InChI=1S/C13H14N4OS/c1-13(2,6-11(15)18)17-10-5-8(7-14)3-4-9(10)16-12(17)19/h3-5H,6H2,1-2H3,(H2,15,18)(H,16,19). The predicted octanol–water partition coefficient (Wildman–Crippen LogP) is 2.18. The first-order chi connectivity index (χ1) is 8.85. The summed E-state index contributed by atoms with van der Waals surface area (Å²) in [7, 11) is 0. The molecule has 0 unspecified atom stereocenters. The number of aromatic amines is 1. The van der Waals surface area contributed by atoms with Crippen LogP contribution in [0, 0.1) is 16.1 Å². The Hall–Kier alpha value is -2.13. The smallest absolute Gasteiger partial charge is 0.219 e. The third kappa shape index (κ3) is 2.37. The molecule has 0 saturated heterocycles. The van der Waals surface area contributed by atoms with E-state index >= 15 is 0 Å². The Morgan fingerprint density at radius 2 is 2.26 bits per heavy atom. The molecule has 1 amide bonds. The molecule has 0 spiro atoms. The van der Waals surface area contributed by atoms with Crippen molar-refractivity contribution in [3.63, 3.8) is 0 Å². The Morgan fingerprint density at radius 1 is 1.58 bits per heavy atom. The molecule has 0 aliphatic carbocycles. The van der Waals surface area contributed by atoms with Gasteiger partial charge in [0.2, 0.25) is 5.91 Å². The van der Waals surface area contributed by atoms with Crippen molar-refractivity contribution in [3.8, 4) is 6.07 Å². The highest BCUT2D eigenvalue weighted by Crippen LogP contribution is 2.27. The van der Waals surface area contributed by atoms with Gasteiger partial charge in [-0.3, -0.25) is 4.79 Å². The van der Waals surface area contributed by atoms with Crippen LogP contribution in [-0.2, 0) is 10.3 Å². The van der Waals surface area contributed by atoms with Crippen molar-refractivity contribution < 1.29 is 4.79 Å². The molecule has 1 aromatic heterocycles. The van der Waals surface area contributed by atoms with Crippen LogP contribution in [0.4, 0.5) is 0 Å². The van der Waals surface area contributed by atoms with Crippen LogP contribution in [0.15, 0.2) is 18.2 Å². The first-order valence-electron chi connectivity index (χ1n) is 5.79. The lowest BCUT2D eigenvalue weighted by Gasteiger charge is -2.26. The van der Waals surface area contributed by atoms with Gasteiger partial charge in [0.05, 0.1) is 28.2 Å². The lowest BCUT2D eigenvalue weighted by atomic mass is 9.99. The largest absolute Gasteiger partial charge is 0.370 e. The number of imidazole rings is 1. The van der Waals surface area contributed by atoms with E-state index in [1.807, 2.05) is 18.4 Å². The summed E-state index contributed by atoms with van der Waals surface area (Å²) in [6, 6.07) is 7.38. The van der Waals surface area contributed by atoms with Crippen molar-refractivity contribution in [2.24, 2.45) is 5.73 Å². The van der Waals surface area contributed by atoms with E-state index in [1.165, 1.54) is 0 Å². The minimum absolute atomic E-state index is 0.172. The molecule has 0 fully saturated rings. The zero-order chi connectivity index (χ0) is 14.2. The van der Waals surface area contributed by atoms with E-state index in [1.54, 1.807) is 18.2 Å². The van der Waals surface area contributed by atoms with Crippen molar-refractivity contribution in [3.05, 3.63) is 28.5 Å². The number of hydrogen-bond acceptors (Lipinski definition) is 3. The van der Waals surface area contributed by atoms with Crippen molar-refractivity contribution in [2.75, 3.05) is 0 Å². The van der Waals surface area contributed by atoms with E-state index in [4.69, 9.17) is 23.2 Å². The minimum atomic E-state index is -0.546. The summed E-state index contributed by atoms with van der Waals surface area (Å²) in [6.07, 6.45) is 0.172. The fourth-order valence-corrected chi connectivity index (χ4v) is 2.73. The van der Waals surface area contributed by atoms with E-state index in [-0.39, 0.29) is 6.42 Å². The Bertz CT molecular complexity index is 748. The number of hydrogen-bond donors (Lipinski definition) is 2. The molecule has 19 heavy (non-hydrogen) atoms. The van der Waals surface area contributed by atoms with Crippen molar-refractivity contribution >= 4 is 29.2 Å². The highest BCUT2D eigenvalue weighted by Gasteiger charge is 2.25. The topological polar surface area (TPSA) is 87.6 Å². The molecule has 5 nitrogen and oxygen atoms in total. The van der Waals surface area contributed by atoms with Crippen LogP contribution < -0.4 is 5.73 Å². The second-order valence-electron chi connectivity index (χ2n) is 5.06. The molecule has 98 valence electrons. The molecule has 0 aliphatic rings. The minimum Gasteiger partial charge on any atom is -0.370 e. The van der Waals surface area contributed by atoms with Gasteiger partial charge in [-0.25, -0.2) is 0 Å². The number of nitrogens with two attached hydrogens (primary N) is 1. The number of nitrogens with zero attached hydrogens (tertiary/aromatic N) is 2. The van der Waals surface area contributed by atoms with Gasteiger partial charge in [0.25, 0.3) is 0 Å². The number of rotatable bonds is 3. The van der Waals surface area contributed by atoms with E-state index in [9.17, 15) is 4.79 Å². The molecule has 0 aliphatic heterocycles. The van der Waals surface area contributed by atoms with E-state index < -0.39 is 11.4 Å². The SMILES string of the molecule is CC(C)(CC(N)=O)n1c(=S)[nH]c2ccc(C#N)cc21. The number of benzene rings is 1. The van der Waals surface area contributed by atoms with Crippen LogP contribution >= 0.6 is 12.2 Å². The Balaban J connectivity index is 2.72. The van der Waals surface area contributed by atoms with E-state index in [0.717, 1.165) is 11.0 Å². The summed E-state index contributed by atoms with van der Waals surface area (Å²) in [5.74, 6) is -0.391. The monoisotopic (exact) mass is 274 g/mol. The van der Waals surface area contributed by atoms with E-state index in [2.05, 4.69) is 11.1 Å². The fourth-order valence-electron chi connectivity index (χ4n) is 2.28. The van der Waals surface area contributed by atoms with Crippen molar-refractivity contribution in [1.29, 1.82) is 5.26 Å². The van der Waals surface area contributed by atoms with Gasteiger partial charge in [-0.2, -0.15) is 5.26 Å². The van der Waals surface area contributed by atoms with E-state index in [0.29, 0.717) is 10.3 Å². The molecule has 1 aromatic carbocycles. The van der Waals surface area contributed by atoms with Gasteiger partial charge in [0.1, 0.15) is 0 Å². The summed E-state index contributed by atoms with van der Waals surface area (Å²) in [5.41, 5.74) is 6.92. The molecule has 0 bridgehead atoms. The normalized spacial score (nSPS) is 11.4. The van der Waals surface area contributed by atoms with Gasteiger partial charge in [0, 0.05) is 6.42 Å². The molecule has 0 saturated carbocycles. The fraction of sp³-hybridized carbons (Fsp3) is 0.308. The van der Waals surface area contributed by atoms with Gasteiger partial charge in [-0.1, -0.05) is 0 Å². The molecule has 2 aromatic rings. The number of nitrogens with one attached hydrogen (secondary N) is 1. The average molecular weight is 274 g/mol. The van der Waals surface area contributed by atoms with Gasteiger partial charge in [-0.15, -0.1) is 0 Å². The summed E-state index contributed by atoms with van der Waals surface area (Å²) < 4.78 is 2.35. The van der Waals surface area contributed by atoms with Gasteiger partial charge in [-0.05, 0) is 44.3 Å². The van der Waals surface area contributed by atoms with Crippen molar-refractivity contribution in [2.45, 2.75) is 25.8 Å². The summed E-state index contributed by atoms with van der Waals surface area (Å²) in [4.78, 5) is 14.3. The third-order valence-corrected chi connectivity index (χ3v) is 3.31. The third-order valence-electron chi connectivity index (χ3n) is 3.02. The van der Waals surface area contributed by atoms with Gasteiger partial charge >= 0.3 is 0 Å². The highest BCUT2D eigenvalue weighted by atomic mass is 32.1. The van der Waals surface area contributed by atoms with Crippen LogP contribution in [0.3, 0.4) is 0 Å². The quantitative estimate of drug-likeness (QED) is 0.841. The number of carbonyl (C=O) groups excluding carboxylic acids is 1. The Morgan fingerprint density at radius 3 is 2.84 bits per heavy atom. The highest BCUT2D eigenvalue weighted by molar-refractivity contribution is 7.71. The number of H-pyrrole nitrogens is 1. The zero-order valence-electron chi connectivity index (χ0n) is 10.7.